The molecule has 35 heavy (non-hydrogen) atoms. The Morgan fingerprint density at radius 3 is 2.06 bits per heavy atom. The predicted octanol–water partition coefficient (Wildman–Crippen LogP) is 5.53. The van der Waals surface area contributed by atoms with Gasteiger partial charge in [-0.05, 0) is 41.1 Å². The monoisotopic (exact) mass is 463 g/mol. The van der Waals surface area contributed by atoms with Gasteiger partial charge < -0.3 is 14.6 Å². The van der Waals surface area contributed by atoms with E-state index in [0.717, 1.165) is 16.3 Å². The number of aromatic nitrogens is 3. The Morgan fingerprint density at radius 1 is 0.714 bits per heavy atom. The molecule has 7 nitrogen and oxygen atoms in total. The fourth-order valence-electron chi connectivity index (χ4n) is 3.78. The summed E-state index contributed by atoms with van der Waals surface area (Å²) >= 11 is 0. The van der Waals surface area contributed by atoms with Gasteiger partial charge in [-0.3, -0.25) is 0 Å². The van der Waals surface area contributed by atoms with Crippen LogP contribution in [0.5, 0.6) is 11.5 Å². The molecule has 1 heterocycles. The second-order valence-corrected chi connectivity index (χ2v) is 7.82. The second-order valence-electron chi connectivity index (χ2n) is 7.82. The molecule has 7 heteroatoms. The van der Waals surface area contributed by atoms with Crippen LogP contribution >= 0.6 is 0 Å². The van der Waals surface area contributed by atoms with E-state index in [9.17, 15) is 9.90 Å². The van der Waals surface area contributed by atoms with Gasteiger partial charge in [0.1, 0.15) is 11.5 Å². The summed E-state index contributed by atoms with van der Waals surface area (Å²) in [5, 5.41) is 12.8. The fourth-order valence-corrected chi connectivity index (χ4v) is 3.78. The highest BCUT2D eigenvalue weighted by atomic mass is 16.5. The normalized spacial score (nSPS) is 10.8. The number of phenols is 1. The van der Waals surface area contributed by atoms with Crippen molar-refractivity contribution in [2.24, 2.45) is 0 Å². The summed E-state index contributed by atoms with van der Waals surface area (Å²) in [7, 11) is 2.87. The molecule has 0 fully saturated rings. The number of fused-ring (bicyclic) bond motifs is 1. The Bertz CT molecular complexity index is 1550. The molecule has 0 bridgehead atoms. The summed E-state index contributed by atoms with van der Waals surface area (Å²) in [6.07, 6.45) is 0. The number of esters is 1. The lowest BCUT2D eigenvalue weighted by Crippen LogP contribution is -2.02. The number of methoxy groups -OCH3 is 2. The summed E-state index contributed by atoms with van der Waals surface area (Å²) in [5.74, 6) is 1.27. The van der Waals surface area contributed by atoms with Gasteiger partial charge in [0.05, 0.1) is 25.3 Å². The first-order valence-electron chi connectivity index (χ1n) is 10.9. The van der Waals surface area contributed by atoms with Gasteiger partial charge in [-0.15, -0.1) is 0 Å². The predicted molar refractivity (Wildman–Crippen MR) is 133 cm³/mol. The van der Waals surface area contributed by atoms with Crippen LogP contribution in [0.2, 0.25) is 0 Å². The molecule has 4 aromatic carbocycles. The lowest BCUT2D eigenvalue weighted by molar-refractivity contribution is 0.0600. The van der Waals surface area contributed by atoms with Gasteiger partial charge in [0.2, 0.25) is 0 Å². The van der Waals surface area contributed by atoms with E-state index in [4.69, 9.17) is 14.5 Å². The zero-order valence-corrected chi connectivity index (χ0v) is 19.1. The molecule has 0 unspecified atom stereocenters. The lowest BCUT2D eigenvalue weighted by Gasteiger charge is -2.11. The van der Waals surface area contributed by atoms with Crippen LogP contribution in [0, 0.1) is 0 Å². The Morgan fingerprint density at radius 2 is 1.37 bits per heavy atom. The van der Waals surface area contributed by atoms with Gasteiger partial charge >= 0.3 is 5.97 Å². The van der Waals surface area contributed by atoms with Crippen LogP contribution in [0.4, 0.5) is 0 Å². The number of rotatable bonds is 5. The number of carbonyl (C=O) groups is 1. The second kappa shape index (κ2) is 9.23. The van der Waals surface area contributed by atoms with Crippen molar-refractivity contribution in [3.8, 4) is 45.7 Å². The lowest BCUT2D eigenvalue weighted by atomic mass is 10.1. The van der Waals surface area contributed by atoms with Crippen LogP contribution in [-0.2, 0) is 4.74 Å². The van der Waals surface area contributed by atoms with Gasteiger partial charge in [-0.2, -0.15) is 0 Å². The molecule has 0 aliphatic rings. The average Bonchev–Trinajstić information content (AvgIpc) is 2.92. The summed E-state index contributed by atoms with van der Waals surface area (Å²) in [6.45, 7) is 0. The first-order valence-corrected chi connectivity index (χ1v) is 10.9. The van der Waals surface area contributed by atoms with E-state index in [2.05, 4.69) is 9.97 Å². The Hall–Kier alpha value is -4.78. The molecule has 0 aliphatic carbocycles. The summed E-state index contributed by atoms with van der Waals surface area (Å²) < 4.78 is 9.99. The molecule has 0 atom stereocenters. The third-order valence-corrected chi connectivity index (χ3v) is 5.65. The molecule has 0 amide bonds. The average molecular weight is 463 g/mol. The van der Waals surface area contributed by atoms with Gasteiger partial charge in [0.15, 0.2) is 17.5 Å². The van der Waals surface area contributed by atoms with Crippen molar-refractivity contribution in [3.63, 3.8) is 0 Å². The van der Waals surface area contributed by atoms with Gasteiger partial charge in [-0.25, -0.2) is 19.7 Å². The van der Waals surface area contributed by atoms with Crippen molar-refractivity contribution in [3.05, 3.63) is 90.5 Å². The Kier molecular flexibility index (Phi) is 5.81. The minimum Gasteiger partial charge on any atom is -0.507 e. The molecule has 0 saturated carbocycles. The molecule has 0 aliphatic heterocycles. The van der Waals surface area contributed by atoms with Crippen LogP contribution in [0.1, 0.15) is 10.4 Å². The van der Waals surface area contributed by atoms with Crippen LogP contribution in [0.25, 0.3) is 44.9 Å². The van der Waals surface area contributed by atoms with E-state index < -0.39 is 5.97 Å². The van der Waals surface area contributed by atoms with E-state index >= 15 is 0 Å². The van der Waals surface area contributed by atoms with Crippen molar-refractivity contribution in [1.29, 1.82) is 0 Å². The molecule has 5 rings (SSSR count). The SMILES string of the molecule is COC(=O)c1ccc(-c2nc(-c3ccc4ccccc4c3)nc(-c3ccc(OC)cc3O)n2)cc1. The highest BCUT2D eigenvalue weighted by Gasteiger charge is 2.16. The van der Waals surface area contributed by atoms with Gasteiger partial charge in [-0.1, -0.05) is 48.5 Å². The van der Waals surface area contributed by atoms with E-state index in [1.165, 1.54) is 20.3 Å². The maximum absolute atomic E-state index is 11.8. The maximum Gasteiger partial charge on any atom is 0.337 e. The topological polar surface area (TPSA) is 94.4 Å². The van der Waals surface area contributed by atoms with Crippen molar-refractivity contribution in [2.45, 2.75) is 0 Å². The van der Waals surface area contributed by atoms with Crippen LogP contribution in [0.15, 0.2) is 84.9 Å². The van der Waals surface area contributed by atoms with E-state index in [0.29, 0.717) is 39.9 Å². The van der Waals surface area contributed by atoms with Gasteiger partial charge in [0.25, 0.3) is 0 Å². The molecule has 0 saturated heterocycles. The van der Waals surface area contributed by atoms with Crippen LogP contribution < -0.4 is 4.74 Å². The number of phenolic OH excluding ortho intramolecular Hbond substituents is 1. The van der Waals surface area contributed by atoms with Gasteiger partial charge in [0, 0.05) is 17.2 Å². The highest BCUT2D eigenvalue weighted by molar-refractivity contribution is 5.90. The number of aromatic hydroxyl groups is 1. The number of hydrogen-bond donors (Lipinski definition) is 1. The summed E-state index contributed by atoms with van der Waals surface area (Å²) in [5.41, 5.74) is 2.37. The number of ether oxygens (including phenoxy) is 2. The number of carbonyl (C=O) groups excluding carboxylic acids is 1. The van der Waals surface area contributed by atoms with Crippen LogP contribution in [-0.4, -0.2) is 40.2 Å². The quantitative estimate of drug-likeness (QED) is 0.343. The smallest absolute Gasteiger partial charge is 0.337 e. The van der Waals surface area contributed by atoms with E-state index in [-0.39, 0.29) is 5.75 Å². The maximum atomic E-state index is 11.8. The zero-order valence-electron chi connectivity index (χ0n) is 19.1. The molecule has 1 N–H and O–H groups in total. The van der Waals surface area contributed by atoms with Crippen molar-refractivity contribution >= 4 is 16.7 Å². The number of benzene rings is 4. The van der Waals surface area contributed by atoms with Crippen LogP contribution in [0.3, 0.4) is 0 Å². The summed E-state index contributed by atoms with van der Waals surface area (Å²) in [6, 6.07) is 25.8. The van der Waals surface area contributed by atoms with E-state index in [1.54, 1.807) is 36.4 Å². The standard InChI is InChI=1S/C28H21N3O4/c1-34-22-13-14-23(24(32)16-22)27-30-25(18-8-10-19(11-9-18)28(33)35-2)29-26(31-27)21-12-7-17-5-3-4-6-20(17)15-21/h3-16,32H,1-2H3. The summed E-state index contributed by atoms with van der Waals surface area (Å²) in [4.78, 5) is 25.9. The van der Waals surface area contributed by atoms with Crippen molar-refractivity contribution in [2.75, 3.05) is 14.2 Å². The largest absolute Gasteiger partial charge is 0.507 e. The highest BCUT2D eigenvalue weighted by Crippen LogP contribution is 2.33. The minimum absolute atomic E-state index is 0.00741. The minimum atomic E-state index is -0.423. The zero-order chi connectivity index (χ0) is 24.4. The Labute approximate surface area is 201 Å². The molecular formula is C28H21N3O4. The molecule has 0 spiro atoms. The first-order chi connectivity index (χ1) is 17.1. The Balaban J connectivity index is 1.67. The fraction of sp³-hybridized carbons (Fsp3) is 0.0714. The molecule has 1 aromatic heterocycles. The number of hydrogen-bond acceptors (Lipinski definition) is 7. The van der Waals surface area contributed by atoms with Crippen molar-refractivity contribution < 1.29 is 19.4 Å². The molecule has 5 aromatic rings. The molecular weight excluding hydrogens is 442 g/mol. The first kappa shape index (κ1) is 22.0. The third kappa shape index (κ3) is 4.39. The van der Waals surface area contributed by atoms with Crippen molar-refractivity contribution in [1.82, 2.24) is 15.0 Å². The third-order valence-electron chi connectivity index (χ3n) is 5.65. The number of nitrogens with zero attached hydrogens (tertiary/aromatic N) is 3. The molecule has 172 valence electrons. The van der Waals surface area contributed by atoms with E-state index in [1.807, 2.05) is 42.5 Å². The molecule has 0 radical (unpaired) electrons.